The molecule has 100 valence electrons. The van der Waals surface area contributed by atoms with Crippen molar-refractivity contribution in [3.8, 4) is 11.4 Å². The van der Waals surface area contributed by atoms with E-state index in [9.17, 15) is 4.79 Å². The Morgan fingerprint density at radius 2 is 2.16 bits per heavy atom. The van der Waals surface area contributed by atoms with Crippen LogP contribution in [0.25, 0.3) is 11.4 Å². The van der Waals surface area contributed by atoms with Gasteiger partial charge in [0.2, 0.25) is 11.7 Å². The molecular weight excluding hydrogens is 246 g/mol. The van der Waals surface area contributed by atoms with Gasteiger partial charge in [-0.3, -0.25) is 0 Å². The van der Waals surface area contributed by atoms with Crippen molar-refractivity contribution in [1.82, 2.24) is 15.5 Å². The molecule has 0 bridgehead atoms. The van der Waals surface area contributed by atoms with Gasteiger partial charge in [-0.05, 0) is 31.0 Å². The Morgan fingerprint density at radius 1 is 1.37 bits per heavy atom. The van der Waals surface area contributed by atoms with E-state index >= 15 is 0 Å². The molecule has 0 radical (unpaired) electrons. The molecule has 19 heavy (non-hydrogen) atoms. The van der Waals surface area contributed by atoms with E-state index in [-0.39, 0.29) is 6.54 Å². The first-order valence-corrected chi connectivity index (χ1v) is 5.82. The zero-order valence-electron chi connectivity index (χ0n) is 11.1. The number of aromatic nitrogens is 2. The molecular formula is C13H15N3O3. The number of ether oxygens (including phenoxy) is 1. The molecule has 2 rings (SSSR count). The van der Waals surface area contributed by atoms with Crippen LogP contribution in [0.3, 0.4) is 0 Å². The molecule has 1 aromatic carbocycles. The van der Waals surface area contributed by atoms with Crippen molar-refractivity contribution >= 4 is 6.09 Å². The van der Waals surface area contributed by atoms with Crippen LogP contribution in [0.1, 0.15) is 17.0 Å². The number of rotatable bonds is 3. The Hall–Kier alpha value is -2.37. The van der Waals surface area contributed by atoms with Crippen LogP contribution in [0.5, 0.6) is 0 Å². The smallest absolute Gasteiger partial charge is 0.407 e. The van der Waals surface area contributed by atoms with Crippen molar-refractivity contribution in [1.29, 1.82) is 0 Å². The third kappa shape index (κ3) is 3.09. The predicted molar refractivity (Wildman–Crippen MR) is 68.5 cm³/mol. The first-order chi connectivity index (χ1) is 9.10. The number of aryl methyl sites for hydroxylation is 2. The number of amides is 1. The van der Waals surface area contributed by atoms with Gasteiger partial charge in [0.05, 0.1) is 7.11 Å². The number of carbonyl (C=O) groups excluding carboxylic acids is 1. The fourth-order valence-corrected chi connectivity index (χ4v) is 1.54. The van der Waals surface area contributed by atoms with Crippen LogP contribution >= 0.6 is 0 Å². The van der Waals surface area contributed by atoms with E-state index in [0.717, 1.165) is 11.1 Å². The SMILES string of the molecule is COC(=O)NCc1nc(-c2ccc(C)c(C)c2)no1. The van der Waals surface area contributed by atoms with Crippen LogP contribution in [-0.4, -0.2) is 23.3 Å². The van der Waals surface area contributed by atoms with Gasteiger partial charge in [-0.25, -0.2) is 4.79 Å². The molecule has 6 heteroatoms. The maximum atomic E-state index is 10.9. The highest BCUT2D eigenvalue weighted by molar-refractivity contribution is 5.66. The van der Waals surface area contributed by atoms with E-state index in [1.54, 1.807) is 0 Å². The first-order valence-electron chi connectivity index (χ1n) is 5.82. The lowest BCUT2D eigenvalue weighted by atomic mass is 10.1. The molecule has 1 aromatic heterocycles. The van der Waals surface area contributed by atoms with Gasteiger partial charge in [-0.2, -0.15) is 4.98 Å². The second-order valence-electron chi connectivity index (χ2n) is 4.16. The van der Waals surface area contributed by atoms with Crippen LogP contribution in [0.2, 0.25) is 0 Å². The molecule has 0 aliphatic carbocycles. The van der Waals surface area contributed by atoms with Crippen LogP contribution in [0.15, 0.2) is 22.7 Å². The van der Waals surface area contributed by atoms with E-state index in [1.165, 1.54) is 12.7 Å². The minimum atomic E-state index is -0.536. The second kappa shape index (κ2) is 5.51. The molecule has 1 amide bonds. The minimum absolute atomic E-state index is 0.143. The molecule has 0 saturated heterocycles. The summed E-state index contributed by atoms with van der Waals surface area (Å²) in [4.78, 5) is 15.1. The van der Waals surface area contributed by atoms with Gasteiger partial charge in [-0.15, -0.1) is 0 Å². The molecule has 0 aliphatic heterocycles. The molecule has 0 atom stereocenters. The minimum Gasteiger partial charge on any atom is -0.453 e. The Kier molecular flexibility index (Phi) is 3.79. The lowest BCUT2D eigenvalue weighted by Crippen LogP contribution is -2.22. The molecule has 1 heterocycles. The van der Waals surface area contributed by atoms with Crippen molar-refractivity contribution in [2.24, 2.45) is 0 Å². The van der Waals surface area contributed by atoms with Crippen molar-refractivity contribution in [2.45, 2.75) is 20.4 Å². The van der Waals surface area contributed by atoms with Crippen molar-refractivity contribution in [2.75, 3.05) is 7.11 Å². The number of hydrogen-bond donors (Lipinski definition) is 1. The first kappa shape index (κ1) is 13.1. The Balaban J connectivity index is 2.12. The van der Waals surface area contributed by atoms with Crippen LogP contribution in [0.4, 0.5) is 4.79 Å². The van der Waals surface area contributed by atoms with Gasteiger partial charge in [0.15, 0.2) is 0 Å². The summed E-state index contributed by atoms with van der Waals surface area (Å²) in [7, 11) is 1.30. The monoisotopic (exact) mass is 261 g/mol. The molecule has 6 nitrogen and oxygen atoms in total. The van der Waals surface area contributed by atoms with Crippen LogP contribution in [0, 0.1) is 13.8 Å². The van der Waals surface area contributed by atoms with Crippen LogP contribution < -0.4 is 5.32 Å². The van der Waals surface area contributed by atoms with E-state index < -0.39 is 6.09 Å². The predicted octanol–water partition coefficient (Wildman–Crippen LogP) is 2.21. The highest BCUT2D eigenvalue weighted by Crippen LogP contribution is 2.19. The van der Waals surface area contributed by atoms with Gasteiger partial charge in [-0.1, -0.05) is 17.3 Å². The summed E-state index contributed by atoms with van der Waals surface area (Å²) in [6.07, 6.45) is -0.536. The highest BCUT2D eigenvalue weighted by Gasteiger charge is 2.10. The number of hydrogen-bond acceptors (Lipinski definition) is 5. The van der Waals surface area contributed by atoms with Gasteiger partial charge < -0.3 is 14.6 Å². The van der Waals surface area contributed by atoms with Crippen molar-refractivity contribution in [3.05, 3.63) is 35.2 Å². The summed E-state index contributed by atoms with van der Waals surface area (Å²) in [5.74, 6) is 0.836. The standard InChI is InChI=1S/C13H15N3O3/c1-8-4-5-10(6-9(8)2)12-15-11(19-16-12)7-14-13(17)18-3/h4-6H,7H2,1-3H3,(H,14,17). The fraction of sp³-hybridized carbons (Fsp3) is 0.308. The van der Waals surface area contributed by atoms with Gasteiger partial charge >= 0.3 is 6.09 Å². The van der Waals surface area contributed by atoms with Crippen LogP contribution in [-0.2, 0) is 11.3 Å². The molecule has 0 saturated carbocycles. The average Bonchev–Trinajstić information content (AvgIpc) is 2.88. The number of nitrogens with one attached hydrogen (secondary N) is 1. The lowest BCUT2D eigenvalue weighted by molar-refractivity contribution is 0.169. The number of nitrogens with zero attached hydrogens (tertiary/aromatic N) is 2. The summed E-state index contributed by atoms with van der Waals surface area (Å²) in [6, 6.07) is 5.94. The van der Waals surface area contributed by atoms with Gasteiger partial charge in [0.1, 0.15) is 6.54 Å². The second-order valence-corrected chi connectivity index (χ2v) is 4.16. The molecule has 2 aromatic rings. The summed E-state index contributed by atoms with van der Waals surface area (Å²) in [5.41, 5.74) is 3.26. The van der Waals surface area contributed by atoms with Gasteiger partial charge in [0.25, 0.3) is 0 Å². The Labute approximate surface area is 110 Å². The largest absolute Gasteiger partial charge is 0.453 e. The maximum absolute atomic E-state index is 10.9. The molecule has 1 N–H and O–H groups in total. The summed E-state index contributed by atoms with van der Waals surface area (Å²) in [5, 5.41) is 6.36. The molecule has 0 spiro atoms. The molecule has 0 unspecified atom stereocenters. The van der Waals surface area contributed by atoms with E-state index in [1.807, 2.05) is 32.0 Å². The average molecular weight is 261 g/mol. The maximum Gasteiger partial charge on any atom is 0.407 e. The van der Waals surface area contributed by atoms with Crippen molar-refractivity contribution < 1.29 is 14.1 Å². The number of benzene rings is 1. The zero-order valence-corrected chi connectivity index (χ0v) is 11.1. The Bertz CT molecular complexity index is 593. The highest BCUT2D eigenvalue weighted by atomic mass is 16.5. The normalized spacial score (nSPS) is 10.3. The van der Waals surface area contributed by atoms with E-state index in [0.29, 0.717) is 11.7 Å². The summed E-state index contributed by atoms with van der Waals surface area (Å²) >= 11 is 0. The summed E-state index contributed by atoms with van der Waals surface area (Å²) < 4.78 is 9.51. The van der Waals surface area contributed by atoms with E-state index in [4.69, 9.17) is 4.52 Å². The Morgan fingerprint density at radius 3 is 2.84 bits per heavy atom. The number of carbonyl (C=O) groups is 1. The third-order valence-electron chi connectivity index (χ3n) is 2.80. The molecule has 0 fully saturated rings. The summed E-state index contributed by atoms with van der Waals surface area (Å²) in [6.45, 7) is 4.21. The molecule has 0 aliphatic rings. The zero-order chi connectivity index (χ0) is 13.8. The van der Waals surface area contributed by atoms with E-state index in [2.05, 4.69) is 20.2 Å². The van der Waals surface area contributed by atoms with Gasteiger partial charge in [0, 0.05) is 5.56 Å². The lowest BCUT2D eigenvalue weighted by Gasteiger charge is -2.00. The number of methoxy groups -OCH3 is 1. The topological polar surface area (TPSA) is 77.2 Å². The number of alkyl carbamates (subject to hydrolysis) is 1. The third-order valence-corrected chi connectivity index (χ3v) is 2.80. The van der Waals surface area contributed by atoms with Crippen molar-refractivity contribution in [3.63, 3.8) is 0 Å². The fourth-order valence-electron chi connectivity index (χ4n) is 1.54. The quantitative estimate of drug-likeness (QED) is 0.916.